The van der Waals surface area contributed by atoms with Crippen LogP contribution in [0.2, 0.25) is 0 Å². The largest absolute Gasteiger partial charge is 0.481 e. The predicted molar refractivity (Wildman–Crippen MR) is 63.5 cm³/mol. The maximum Gasteiger partial charge on any atom is 0.331 e. The lowest BCUT2D eigenvalue weighted by molar-refractivity contribution is -0.148. The van der Waals surface area contributed by atoms with E-state index in [0.29, 0.717) is 25.7 Å². The van der Waals surface area contributed by atoms with E-state index in [9.17, 15) is 9.59 Å². The van der Waals surface area contributed by atoms with E-state index in [-0.39, 0.29) is 11.9 Å². The van der Waals surface area contributed by atoms with E-state index in [2.05, 4.69) is 0 Å². The average molecular weight is 240 g/mol. The number of carboxylic acids is 1. The van der Waals surface area contributed by atoms with E-state index in [1.54, 1.807) is 0 Å². The molecule has 96 valence electrons. The van der Waals surface area contributed by atoms with Crippen molar-refractivity contribution >= 4 is 11.9 Å². The quantitative estimate of drug-likeness (QED) is 0.595. The summed E-state index contributed by atoms with van der Waals surface area (Å²) in [5.41, 5.74) is 0.517. The third kappa shape index (κ3) is 5.02. The first-order valence-electron chi connectivity index (χ1n) is 5.93. The number of hydrogen-bond acceptors (Lipinski definition) is 3. The lowest BCUT2D eigenvalue weighted by atomic mass is 9.86. The zero-order valence-corrected chi connectivity index (χ0v) is 10.7. The first kappa shape index (κ1) is 13.7. The molecular formula is C13H20O4. The Balaban J connectivity index is 2.48. The van der Waals surface area contributed by atoms with Crippen LogP contribution >= 0.6 is 0 Å². The van der Waals surface area contributed by atoms with Crippen LogP contribution in [0.4, 0.5) is 0 Å². The number of rotatable bonds is 2. The Hall–Kier alpha value is -1.32. The fourth-order valence-electron chi connectivity index (χ4n) is 1.88. The Morgan fingerprint density at radius 3 is 2.24 bits per heavy atom. The van der Waals surface area contributed by atoms with Crippen molar-refractivity contribution < 1.29 is 19.4 Å². The minimum atomic E-state index is -0.735. The van der Waals surface area contributed by atoms with Crippen LogP contribution in [-0.2, 0) is 14.3 Å². The van der Waals surface area contributed by atoms with Crippen LogP contribution < -0.4 is 0 Å². The first-order valence-corrected chi connectivity index (χ1v) is 5.93. The summed E-state index contributed by atoms with van der Waals surface area (Å²) < 4.78 is 5.18. The maximum atomic E-state index is 11.5. The van der Waals surface area contributed by atoms with Gasteiger partial charge in [0.15, 0.2) is 0 Å². The molecule has 1 aliphatic rings. The van der Waals surface area contributed by atoms with Gasteiger partial charge in [-0.15, -0.1) is 0 Å². The Kier molecular flexibility index (Phi) is 4.32. The zero-order chi connectivity index (χ0) is 13.1. The highest BCUT2D eigenvalue weighted by Crippen LogP contribution is 2.28. The number of carbonyl (C=O) groups excluding carboxylic acids is 1. The normalized spacial score (nSPS) is 20.9. The molecule has 17 heavy (non-hydrogen) atoms. The van der Waals surface area contributed by atoms with Gasteiger partial charge in [-0.2, -0.15) is 0 Å². The summed E-state index contributed by atoms with van der Waals surface area (Å²) in [7, 11) is 0. The molecule has 0 aromatic rings. The molecule has 4 nitrogen and oxygen atoms in total. The van der Waals surface area contributed by atoms with Crippen molar-refractivity contribution in [2.45, 2.75) is 52.1 Å². The Morgan fingerprint density at radius 2 is 1.82 bits per heavy atom. The smallest absolute Gasteiger partial charge is 0.331 e. The second-order valence-corrected chi connectivity index (χ2v) is 5.45. The molecule has 1 aliphatic carbocycles. The average Bonchev–Trinajstić information content (AvgIpc) is 2.15. The standard InChI is InChI=1S/C13H20O4/c1-13(2,3)17-11(14)8-9-4-6-10(7-5-9)12(15)16/h8,10H,4-7H2,1-3H3,(H,15,16). The Labute approximate surface area is 102 Å². The highest BCUT2D eigenvalue weighted by Gasteiger charge is 2.23. The molecule has 0 aliphatic heterocycles. The fourth-order valence-corrected chi connectivity index (χ4v) is 1.88. The van der Waals surface area contributed by atoms with Gasteiger partial charge in [-0.25, -0.2) is 4.79 Å². The molecule has 0 atom stereocenters. The monoisotopic (exact) mass is 240 g/mol. The molecule has 0 unspecified atom stereocenters. The minimum Gasteiger partial charge on any atom is -0.481 e. The van der Waals surface area contributed by atoms with Gasteiger partial charge in [0.1, 0.15) is 5.60 Å². The van der Waals surface area contributed by atoms with Gasteiger partial charge in [0.05, 0.1) is 5.92 Å². The van der Waals surface area contributed by atoms with Gasteiger partial charge in [0, 0.05) is 6.08 Å². The lowest BCUT2D eigenvalue weighted by Gasteiger charge is -2.21. The van der Waals surface area contributed by atoms with Crippen LogP contribution in [0.3, 0.4) is 0 Å². The van der Waals surface area contributed by atoms with Crippen LogP contribution in [0.15, 0.2) is 11.6 Å². The molecular weight excluding hydrogens is 220 g/mol. The second-order valence-electron chi connectivity index (χ2n) is 5.45. The second kappa shape index (κ2) is 5.34. The third-order valence-corrected chi connectivity index (χ3v) is 2.71. The highest BCUT2D eigenvalue weighted by molar-refractivity contribution is 5.83. The van der Waals surface area contributed by atoms with E-state index in [1.165, 1.54) is 6.08 Å². The molecule has 4 heteroatoms. The summed E-state index contributed by atoms with van der Waals surface area (Å²) >= 11 is 0. The summed E-state index contributed by atoms with van der Waals surface area (Å²) in [5.74, 6) is -1.33. The summed E-state index contributed by atoms with van der Waals surface area (Å²) in [5, 5.41) is 8.85. The molecule has 1 fully saturated rings. The molecule has 1 N–H and O–H groups in total. The van der Waals surface area contributed by atoms with Crippen LogP contribution in [0.1, 0.15) is 46.5 Å². The van der Waals surface area contributed by atoms with Crippen LogP contribution in [0, 0.1) is 5.92 Å². The molecule has 0 aromatic carbocycles. The molecule has 0 spiro atoms. The van der Waals surface area contributed by atoms with Crippen molar-refractivity contribution in [1.82, 2.24) is 0 Å². The number of carbonyl (C=O) groups is 2. The van der Waals surface area contributed by atoms with Gasteiger partial charge in [0.25, 0.3) is 0 Å². The maximum absolute atomic E-state index is 11.5. The molecule has 0 aromatic heterocycles. The van der Waals surface area contributed by atoms with E-state index >= 15 is 0 Å². The Morgan fingerprint density at radius 1 is 1.29 bits per heavy atom. The molecule has 0 saturated heterocycles. The number of esters is 1. The van der Waals surface area contributed by atoms with Gasteiger partial charge in [-0.3, -0.25) is 4.79 Å². The summed E-state index contributed by atoms with van der Waals surface area (Å²) in [6, 6.07) is 0. The molecule has 0 radical (unpaired) electrons. The summed E-state index contributed by atoms with van der Waals surface area (Å²) in [6.07, 6.45) is 4.10. The van der Waals surface area contributed by atoms with Gasteiger partial charge in [-0.1, -0.05) is 5.57 Å². The van der Waals surface area contributed by atoms with E-state index in [0.717, 1.165) is 5.57 Å². The number of carboxylic acid groups (broad SMARTS) is 1. The zero-order valence-electron chi connectivity index (χ0n) is 10.7. The number of ether oxygens (including phenoxy) is 1. The first-order chi connectivity index (χ1) is 7.78. The van der Waals surface area contributed by atoms with E-state index in [1.807, 2.05) is 20.8 Å². The molecule has 1 saturated carbocycles. The van der Waals surface area contributed by atoms with Gasteiger partial charge >= 0.3 is 11.9 Å². The Bertz CT molecular complexity index is 326. The molecule has 1 rings (SSSR count). The lowest BCUT2D eigenvalue weighted by Crippen LogP contribution is -2.23. The van der Waals surface area contributed by atoms with Crippen molar-refractivity contribution in [1.29, 1.82) is 0 Å². The summed E-state index contributed by atoms with van der Waals surface area (Å²) in [6.45, 7) is 5.47. The predicted octanol–water partition coefficient (Wildman–Crippen LogP) is 2.53. The van der Waals surface area contributed by atoms with Crippen molar-refractivity contribution in [2.24, 2.45) is 5.92 Å². The van der Waals surface area contributed by atoms with Gasteiger partial charge in [0.2, 0.25) is 0 Å². The highest BCUT2D eigenvalue weighted by atomic mass is 16.6. The van der Waals surface area contributed by atoms with Crippen molar-refractivity contribution in [3.63, 3.8) is 0 Å². The van der Waals surface area contributed by atoms with Gasteiger partial charge in [-0.05, 0) is 46.5 Å². The van der Waals surface area contributed by atoms with Crippen LogP contribution in [-0.4, -0.2) is 22.6 Å². The van der Waals surface area contributed by atoms with E-state index < -0.39 is 11.6 Å². The van der Waals surface area contributed by atoms with Crippen molar-refractivity contribution in [3.05, 3.63) is 11.6 Å². The number of allylic oxidation sites excluding steroid dienone is 1. The van der Waals surface area contributed by atoms with Gasteiger partial charge < -0.3 is 9.84 Å². The van der Waals surface area contributed by atoms with Crippen molar-refractivity contribution in [2.75, 3.05) is 0 Å². The minimum absolute atomic E-state index is 0.259. The molecule has 0 amide bonds. The van der Waals surface area contributed by atoms with E-state index in [4.69, 9.17) is 9.84 Å². The SMILES string of the molecule is CC(C)(C)OC(=O)C=C1CCC(C(=O)O)CC1. The third-order valence-electron chi connectivity index (χ3n) is 2.71. The summed E-state index contributed by atoms with van der Waals surface area (Å²) in [4.78, 5) is 22.3. The van der Waals surface area contributed by atoms with Crippen LogP contribution in [0.25, 0.3) is 0 Å². The van der Waals surface area contributed by atoms with Crippen LogP contribution in [0.5, 0.6) is 0 Å². The molecule has 0 heterocycles. The number of aliphatic carboxylic acids is 1. The van der Waals surface area contributed by atoms with Crippen molar-refractivity contribution in [3.8, 4) is 0 Å². The number of hydrogen-bond donors (Lipinski definition) is 1. The topological polar surface area (TPSA) is 63.6 Å². The fraction of sp³-hybridized carbons (Fsp3) is 0.692. The molecule has 0 bridgehead atoms.